The lowest BCUT2D eigenvalue weighted by molar-refractivity contribution is -0.114. The van der Waals surface area contributed by atoms with Gasteiger partial charge >= 0.3 is 0 Å². The molecule has 0 fully saturated rings. The second-order valence-corrected chi connectivity index (χ2v) is 8.25. The number of hydrogen-bond donors (Lipinski definition) is 4. The smallest absolute Gasteiger partial charge is 0.260 e. The summed E-state index contributed by atoms with van der Waals surface area (Å²) in [4.78, 5) is 25.1. The van der Waals surface area contributed by atoms with Gasteiger partial charge in [-0.25, -0.2) is 0 Å². The van der Waals surface area contributed by atoms with Crippen LogP contribution in [0.1, 0.15) is 21.5 Å². The van der Waals surface area contributed by atoms with Gasteiger partial charge in [-0.3, -0.25) is 14.9 Å². The summed E-state index contributed by atoms with van der Waals surface area (Å²) in [5, 5.41) is 24.6. The van der Waals surface area contributed by atoms with E-state index in [2.05, 4.69) is 28.8 Å². The Morgan fingerprint density at radius 2 is 1.37 bits per heavy atom. The van der Waals surface area contributed by atoms with Gasteiger partial charge in [-0.2, -0.15) is 0 Å². The highest BCUT2D eigenvalue weighted by atomic mass is 16.3. The maximum absolute atomic E-state index is 12.7. The first-order valence-electron chi connectivity index (χ1n) is 11.1. The number of benzene rings is 4. The van der Waals surface area contributed by atoms with Crippen LogP contribution in [0, 0.1) is 0 Å². The van der Waals surface area contributed by atoms with E-state index in [9.17, 15) is 19.8 Å². The van der Waals surface area contributed by atoms with Gasteiger partial charge in [-0.1, -0.05) is 60.7 Å². The summed E-state index contributed by atoms with van der Waals surface area (Å²) in [5.74, 6) is -1.34. The lowest BCUT2D eigenvalue weighted by atomic mass is 9.91. The predicted molar refractivity (Wildman–Crippen MR) is 134 cm³/mol. The highest BCUT2D eigenvalue weighted by molar-refractivity contribution is 6.31. The molecule has 1 aliphatic heterocycles. The normalized spacial score (nSPS) is 13.9. The minimum Gasteiger partial charge on any atom is -0.504 e. The number of carbonyl (C=O) groups excluding carboxylic acids is 2. The van der Waals surface area contributed by atoms with E-state index in [4.69, 9.17) is 0 Å². The number of carbonyl (C=O) groups is 2. The Hall–Kier alpha value is -4.84. The first-order chi connectivity index (χ1) is 17.0. The standard InChI is InChI=1S/C29H22N2O4/c32-26-12-9-18(13-27(26)33)16-30-17-25-24-15-22(10-11-23(24)28(34)31-29(25)35)21-8-4-7-20(14-21)19-5-2-1-3-6-19/h1-15,17,30,32-33H,16H2,(H,31,34,35)/b25-17+. The molecule has 6 nitrogen and oxygen atoms in total. The number of hydrogen-bond acceptors (Lipinski definition) is 5. The van der Waals surface area contributed by atoms with E-state index in [1.807, 2.05) is 48.5 Å². The third kappa shape index (κ3) is 4.50. The molecular weight excluding hydrogens is 440 g/mol. The van der Waals surface area contributed by atoms with Gasteiger partial charge in [-0.15, -0.1) is 0 Å². The van der Waals surface area contributed by atoms with Crippen LogP contribution in [0.4, 0.5) is 0 Å². The highest BCUT2D eigenvalue weighted by Gasteiger charge is 2.27. The van der Waals surface area contributed by atoms with Crippen molar-refractivity contribution in [3.8, 4) is 33.8 Å². The maximum atomic E-state index is 12.7. The zero-order chi connectivity index (χ0) is 24.4. The Bertz CT molecular complexity index is 1480. The molecule has 0 unspecified atom stereocenters. The van der Waals surface area contributed by atoms with Gasteiger partial charge in [0.1, 0.15) is 0 Å². The average Bonchev–Trinajstić information content (AvgIpc) is 2.88. The van der Waals surface area contributed by atoms with E-state index in [-0.39, 0.29) is 11.5 Å². The summed E-state index contributed by atoms with van der Waals surface area (Å²) in [7, 11) is 0. The van der Waals surface area contributed by atoms with Crippen molar-refractivity contribution in [2.24, 2.45) is 0 Å². The predicted octanol–water partition coefficient (Wildman–Crippen LogP) is 4.83. The van der Waals surface area contributed by atoms with Crippen LogP contribution in [0.25, 0.3) is 27.8 Å². The number of fused-ring (bicyclic) bond motifs is 1. The number of phenols is 2. The van der Waals surface area contributed by atoms with Gasteiger partial charge in [0.25, 0.3) is 11.8 Å². The van der Waals surface area contributed by atoms with Crippen LogP contribution >= 0.6 is 0 Å². The van der Waals surface area contributed by atoms with Crippen LogP contribution in [-0.4, -0.2) is 22.0 Å². The molecule has 1 heterocycles. The van der Waals surface area contributed by atoms with Crippen molar-refractivity contribution in [1.82, 2.24) is 10.6 Å². The molecule has 1 aliphatic rings. The summed E-state index contributed by atoms with van der Waals surface area (Å²) < 4.78 is 0. The summed E-state index contributed by atoms with van der Waals surface area (Å²) in [5.41, 5.74) is 6.05. The average molecular weight is 463 g/mol. The molecule has 0 aliphatic carbocycles. The third-order valence-corrected chi connectivity index (χ3v) is 5.92. The molecule has 0 saturated carbocycles. The molecule has 0 spiro atoms. The number of rotatable bonds is 5. The molecule has 0 aromatic heterocycles. The summed E-state index contributed by atoms with van der Waals surface area (Å²) in [6, 6.07) is 28.2. The number of nitrogens with one attached hydrogen (secondary N) is 2. The molecular formula is C29H22N2O4. The molecule has 0 radical (unpaired) electrons. The summed E-state index contributed by atoms with van der Waals surface area (Å²) >= 11 is 0. The van der Waals surface area contributed by atoms with Crippen molar-refractivity contribution >= 4 is 17.4 Å². The molecule has 5 rings (SSSR count). The molecule has 0 saturated heterocycles. The summed E-state index contributed by atoms with van der Waals surface area (Å²) in [6.45, 7) is 0.312. The van der Waals surface area contributed by atoms with Crippen LogP contribution < -0.4 is 10.6 Å². The fraction of sp³-hybridized carbons (Fsp3) is 0.0345. The Labute approximate surface area is 202 Å². The quantitative estimate of drug-likeness (QED) is 0.193. The molecule has 0 bridgehead atoms. The monoisotopic (exact) mass is 462 g/mol. The van der Waals surface area contributed by atoms with Crippen LogP contribution in [0.2, 0.25) is 0 Å². The molecule has 4 aromatic carbocycles. The molecule has 6 heteroatoms. The van der Waals surface area contributed by atoms with Gasteiger partial charge in [0, 0.05) is 23.9 Å². The van der Waals surface area contributed by atoms with Crippen LogP contribution in [0.3, 0.4) is 0 Å². The first-order valence-corrected chi connectivity index (χ1v) is 11.1. The Balaban J connectivity index is 1.48. The largest absolute Gasteiger partial charge is 0.504 e. The van der Waals surface area contributed by atoms with Crippen molar-refractivity contribution in [1.29, 1.82) is 0 Å². The van der Waals surface area contributed by atoms with Crippen molar-refractivity contribution < 1.29 is 19.8 Å². The maximum Gasteiger partial charge on any atom is 0.260 e. The Kier molecular flexibility index (Phi) is 5.77. The van der Waals surface area contributed by atoms with Crippen LogP contribution in [0.15, 0.2) is 97.2 Å². The van der Waals surface area contributed by atoms with Crippen molar-refractivity contribution in [2.45, 2.75) is 6.54 Å². The molecule has 35 heavy (non-hydrogen) atoms. The van der Waals surface area contributed by atoms with Crippen molar-refractivity contribution in [3.05, 3.63) is 114 Å². The second-order valence-electron chi connectivity index (χ2n) is 8.25. The zero-order valence-corrected chi connectivity index (χ0v) is 18.7. The van der Waals surface area contributed by atoms with E-state index in [0.717, 1.165) is 27.8 Å². The van der Waals surface area contributed by atoms with Crippen LogP contribution in [-0.2, 0) is 11.3 Å². The van der Waals surface area contributed by atoms with E-state index in [1.165, 1.54) is 12.1 Å². The number of imide groups is 1. The van der Waals surface area contributed by atoms with E-state index in [0.29, 0.717) is 23.2 Å². The van der Waals surface area contributed by atoms with Crippen molar-refractivity contribution in [3.63, 3.8) is 0 Å². The van der Waals surface area contributed by atoms with E-state index < -0.39 is 11.8 Å². The van der Waals surface area contributed by atoms with Gasteiger partial charge < -0.3 is 15.5 Å². The van der Waals surface area contributed by atoms with Gasteiger partial charge in [0.05, 0.1) is 5.57 Å². The Morgan fingerprint density at radius 1 is 0.657 bits per heavy atom. The number of amides is 2. The lowest BCUT2D eigenvalue weighted by Gasteiger charge is -2.20. The minimum atomic E-state index is -0.487. The molecule has 2 amide bonds. The van der Waals surface area contributed by atoms with E-state index >= 15 is 0 Å². The zero-order valence-electron chi connectivity index (χ0n) is 18.7. The van der Waals surface area contributed by atoms with Crippen LogP contribution in [0.5, 0.6) is 11.5 Å². The van der Waals surface area contributed by atoms with Gasteiger partial charge in [-0.05, 0) is 58.1 Å². The lowest BCUT2D eigenvalue weighted by Crippen LogP contribution is -2.37. The number of phenolic OH excluding ortho intramolecular Hbond substituents is 2. The third-order valence-electron chi connectivity index (χ3n) is 5.92. The fourth-order valence-corrected chi connectivity index (χ4v) is 4.11. The SMILES string of the molecule is O=C1NC(=O)c2ccc(-c3cccc(-c4ccccc4)c3)cc2/C1=C\NCc1ccc(O)c(O)c1. The van der Waals surface area contributed by atoms with Gasteiger partial charge in [0.2, 0.25) is 0 Å². The highest BCUT2D eigenvalue weighted by Crippen LogP contribution is 2.32. The second kappa shape index (κ2) is 9.19. The Morgan fingerprint density at radius 3 is 2.14 bits per heavy atom. The molecule has 4 N–H and O–H groups in total. The first kappa shape index (κ1) is 22.0. The minimum absolute atomic E-state index is 0.199. The topological polar surface area (TPSA) is 98.7 Å². The molecule has 172 valence electrons. The van der Waals surface area contributed by atoms with Gasteiger partial charge in [0.15, 0.2) is 11.5 Å². The number of aromatic hydroxyl groups is 2. The fourth-order valence-electron chi connectivity index (χ4n) is 4.11. The summed E-state index contributed by atoms with van der Waals surface area (Å²) in [6.07, 6.45) is 1.56. The van der Waals surface area contributed by atoms with Crippen molar-refractivity contribution in [2.75, 3.05) is 0 Å². The molecule has 4 aromatic rings. The van der Waals surface area contributed by atoms with E-state index in [1.54, 1.807) is 18.3 Å². The molecule has 0 atom stereocenters.